The molecule has 1 aromatic heterocycles. The third-order valence-corrected chi connectivity index (χ3v) is 3.88. The van der Waals surface area contributed by atoms with Crippen molar-refractivity contribution < 1.29 is 28.2 Å². The maximum Gasteiger partial charge on any atom is 0.338 e. The lowest BCUT2D eigenvalue weighted by Gasteiger charge is -2.21. The summed E-state index contributed by atoms with van der Waals surface area (Å²) < 4.78 is 27.1. The molecule has 8 heteroatoms. The summed E-state index contributed by atoms with van der Waals surface area (Å²) >= 11 is 0. The summed E-state index contributed by atoms with van der Waals surface area (Å²) in [5.41, 5.74) is 1.07. The number of methoxy groups -OCH3 is 1. The molecule has 27 heavy (non-hydrogen) atoms. The van der Waals surface area contributed by atoms with Crippen LogP contribution in [0.25, 0.3) is 11.5 Å². The van der Waals surface area contributed by atoms with Gasteiger partial charge in [-0.15, -0.1) is 10.2 Å². The topological polar surface area (TPSA) is 92.9 Å². The predicted molar refractivity (Wildman–Crippen MR) is 92.8 cm³/mol. The van der Waals surface area contributed by atoms with Crippen LogP contribution in [0.15, 0.2) is 46.9 Å². The maximum atomic E-state index is 12.4. The number of hydrogen-bond donors (Lipinski definition) is 0. The number of carbonyl (C=O) groups is 1. The lowest BCUT2D eigenvalue weighted by atomic mass is 10.1. The van der Waals surface area contributed by atoms with Crippen LogP contribution in [0.1, 0.15) is 16.2 Å². The zero-order chi connectivity index (χ0) is 18.6. The van der Waals surface area contributed by atoms with Gasteiger partial charge < -0.3 is 23.4 Å². The van der Waals surface area contributed by atoms with Gasteiger partial charge >= 0.3 is 5.97 Å². The quantitative estimate of drug-likeness (QED) is 0.635. The third kappa shape index (κ3) is 3.55. The first-order valence-corrected chi connectivity index (χ1v) is 8.27. The fourth-order valence-electron chi connectivity index (χ4n) is 2.61. The van der Waals surface area contributed by atoms with Gasteiger partial charge in [-0.2, -0.15) is 0 Å². The Morgan fingerprint density at radius 1 is 1.11 bits per heavy atom. The van der Waals surface area contributed by atoms with Gasteiger partial charge in [0.1, 0.15) is 13.2 Å². The minimum atomic E-state index is -0.565. The second-order valence-electron chi connectivity index (χ2n) is 5.65. The number of hydrogen-bond acceptors (Lipinski definition) is 8. The molecule has 0 radical (unpaired) electrons. The van der Waals surface area contributed by atoms with Crippen molar-refractivity contribution in [1.82, 2.24) is 10.2 Å². The summed E-state index contributed by atoms with van der Waals surface area (Å²) in [4.78, 5) is 12.4. The Bertz CT molecular complexity index is 937. The lowest BCUT2D eigenvalue weighted by Crippen LogP contribution is -2.17. The molecule has 2 heterocycles. The van der Waals surface area contributed by atoms with Gasteiger partial charge in [0.05, 0.1) is 12.7 Å². The Labute approximate surface area is 154 Å². The van der Waals surface area contributed by atoms with Crippen LogP contribution in [0.2, 0.25) is 0 Å². The average molecular weight is 368 g/mol. The van der Waals surface area contributed by atoms with Crippen molar-refractivity contribution in [2.75, 3.05) is 20.3 Å². The molecule has 0 saturated heterocycles. The Kier molecular flexibility index (Phi) is 4.61. The SMILES string of the molecule is COc1cc(C(=O)OCc2nnc(-c3ccccc3)o2)cc2c1OCCO2. The zero-order valence-corrected chi connectivity index (χ0v) is 14.5. The smallest absolute Gasteiger partial charge is 0.338 e. The molecule has 0 fully saturated rings. The van der Waals surface area contributed by atoms with Crippen molar-refractivity contribution >= 4 is 5.97 Å². The summed E-state index contributed by atoms with van der Waals surface area (Å²) in [7, 11) is 1.49. The first-order chi connectivity index (χ1) is 13.2. The highest BCUT2D eigenvalue weighted by atomic mass is 16.6. The lowest BCUT2D eigenvalue weighted by molar-refractivity contribution is 0.0437. The number of esters is 1. The summed E-state index contributed by atoms with van der Waals surface area (Å²) in [5, 5.41) is 7.86. The molecule has 1 aliphatic heterocycles. The molecule has 8 nitrogen and oxygen atoms in total. The number of carbonyl (C=O) groups excluding carboxylic acids is 1. The number of rotatable bonds is 5. The molecule has 138 valence electrons. The molecule has 4 rings (SSSR count). The number of ether oxygens (including phenoxy) is 4. The number of nitrogens with zero attached hydrogens (tertiary/aromatic N) is 2. The highest BCUT2D eigenvalue weighted by Gasteiger charge is 2.22. The third-order valence-electron chi connectivity index (χ3n) is 3.88. The predicted octanol–water partition coefficient (Wildman–Crippen LogP) is 2.87. The average Bonchev–Trinajstić information content (AvgIpc) is 3.21. The molecule has 0 saturated carbocycles. The van der Waals surface area contributed by atoms with E-state index in [0.717, 1.165) is 5.56 Å². The van der Waals surface area contributed by atoms with E-state index in [1.165, 1.54) is 7.11 Å². The normalized spacial score (nSPS) is 12.5. The fourth-order valence-corrected chi connectivity index (χ4v) is 2.61. The second kappa shape index (κ2) is 7.36. The van der Waals surface area contributed by atoms with E-state index in [-0.39, 0.29) is 18.1 Å². The van der Waals surface area contributed by atoms with Crippen molar-refractivity contribution in [1.29, 1.82) is 0 Å². The monoisotopic (exact) mass is 368 g/mol. The molecule has 0 unspecified atom stereocenters. The fraction of sp³-hybridized carbons (Fsp3) is 0.211. The van der Waals surface area contributed by atoms with E-state index in [9.17, 15) is 4.79 Å². The molecule has 0 amide bonds. The first-order valence-electron chi connectivity index (χ1n) is 8.27. The van der Waals surface area contributed by atoms with Gasteiger partial charge in [-0.1, -0.05) is 18.2 Å². The Hall–Kier alpha value is -3.55. The van der Waals surface area contributed by atoms with Gasteiger partial charge in [-0.05, 0) is 24.3 Å². The Balaban J connectivity index is 1.46. The van der Waals surface area contributed by atoms with Crippen LogP contribution in [-0.2, 0) is 11.3 Å². The minimum Gasteiger partial charge on any atom is -0.493 e. The minimum absolute atomic E-state index is 0.143. The van der Waals surface area contributed by atoms with E-state index >= 15 is 0 Å². The van der Waals surface area contributed by atoms with Gasteiger partial charge in [0.25, 0.3) is 5.89 Å². The van der Waals surface area contributed by atoms with Crippen LogP contribution < -0.4 is 14.2 Å². The molecular formula is C19H16N2O6. The van der Waals surface area contributed by atoms with Gasteiger partial charge in [0.15, 0.2) is 18.1 Å². The summed E-state index contributed by atoms with van der Waals surface area (Å²) in [6.45, 7) is 0.683. The number of aromatic nitrogens is 2. The Morgan fingerprint density at radius 3 is 2.74 bits per heavy atom. The highest BCUT2D eigenvalue weighted by molar-refractivity contribution is 5.91. The van der Waals surface area contributed by atoms with Crippen LogP contribution in [-0.4, -0.2) is 36.5 Å². The maximum absolute atomic E-state index is 12.4. The van der Waals surface area contributed by atoms with Crippen molar-refractivity contribution in [3.63, 3.8) is 0 Å². The van der Waals surface area contributed by atoms with Crippen LogP contribution in [0.3, 0.4) is 0 Å². The molecule has 2 aromatic carbocycles. The first kappa shape index (κ1) is 16.9. The van der Waals surface area contributed by atoms with Gasteiger partial charge in [0, 0.05) is 5.56 Å². The van der Waals surface area contributed by atoms with E-state index in [2.05, 4.69) is 10.2 Å². The van der Waals surface area contributed by atoms with Gasteiger partial charge in [0.2, 0.25) is 11.6 Å². The molecule has 0 N–H and O–H groups in total. The van der Waals surface area contributed by atoms with E-state index < -0.39 is 5.97 Å². The molecule has 3 aromatic rings. The summed E-state index contributed by atoms with van der Waals surface area (Å²) in [6.07, 6.45) is 0. The zero-order valence-electron chi connectivity index (χ0n) is 14.5. The number of fused-ring (bicyclic) bond motifs is 1. The highest BCUT2D eigenvalue weighted by Crippen LogP contribution is 2.40. The molecule has 0 bridgehead atoms. The van der Waals surface area contributed by atoms with E-state index in [4.69, 9.17) is 23.4 Å². The van der Waals surface area contributed by atoms with Crippen molar-refractivity contribution in [3.8, 4) is 28.7 Å². The van der Waals surface area contributed by atoms with E-state index in [1.54, 1.807) is 12.1 Å². The van der Waals surface area contributed by atoms with E-state index in [1.807, 2.05) is 30.3 Å². The summed E-state index contributed by atoms with van der Waals surface area (Å²) in [6, 6.07) is 12.4. The van der Waals surface area contributed by atoms with Crippen LogP contribution in [0, 0.1) is 0 Å². The largest absolute Gasteiger partial charge is 0.493 e. The number of benzene rings is 2. The summed E-state index contributed by atoms with van der Waals surface area (Å²) in [5.74, 6) is 1.32. The van der Waals surface area contributed by atoms with Crippen LogP contribution in [0.5, 0.6) is 17.2 Å². The molecule has 0 atom stereocenters. The van der Waals surface area contributed by atoms with Crippen LogP contribution >= 0.6 is 0 Å². The van der Waals surface area contributed by atoms with Crippen LogP contribution in [0.4, 0.5) is 0 Å². The van der Waals surface area contributed by atoms with Crippen molar-refractivity contribution in [3.05, 3.63) is 53.9 Å². The van der Waals surface area contributed by atoms with Crippen molar-refractivity contribution in [2.24, 2.45) is 0 Å². The van der Waals surface area contributed by atoms with Gasteiger partial charge in [-0.25, -0.2) is 4.79 Å². The second-order valence-corrected chi connectivity index (χ2v) is 5.65. The molecule has 0 aliphatic carbocycles. The van der Waals surface area contributed by atoms with Crippen molar-refractivity contribution in [2.45, 2.75) is 6.61 Å². The molecule has 1 aliphatic rings. The molecule has 0 spiro atoms. The standard InChI is InChI=1S/C19H16N2O6/c1-23-14-9-13(10-15-17(14)25-8-7-24-15)19(22)26-11-16-20-21-18(27-16)12-5-3-2-4-6-12/h2-6,9-10H,7-8,11H2,1H3. The van der Waals surface area contributed by atoms with E-state index in [0.29, 0.717) is 36.4 Å². The Morgan fingerprint density at radius 2 is 1.93 bits per heavy atom. The van der Waals surface area contributed by atoms with Gasteiger partial charge in [-0.3, -0.25) is 0 Å². The molecular weight excluding hydrogens is 352 g/mol.